The van der Waals surface area contributed by atoms with Gasteiger partial charge in [0.2, 0.25) is 0 Å². The van der Waals surface area contributed by atoms with E-state index in [9.17, 15) is 0 Å². The maximum absolute atomic E-state index is 7.32. The topological polar surface area (TPSA) is 23.8 Å². The molecule has 0 spiro atoms. The van der Waals surface area contributed by atoms with Gasteiger partial charge in [-0.1, -0.05) is 0 Å². The summed E-state index contributed by atoms with van der Waals surface area (Å²) in [5.41, 5.74) is 0. The Hall–Kier alpha value is 0.659. The maximum atomic E-state index is 7.32. The van der Waals surface area contributed by atoms with Crippen LogP contribution < -0.4 is 0 Å². The van der Waals surface area contributed by atoms with Crippen molar-refractivity contribution in [3.8, 4) is 5.97 Å². The first-order valence-electron chi connectivity index (χ1n) is 0.724. The summed E-state index contributed by atoms with van der Waals surface area (Å²) in [6.07, 6.45) is 0. The molecule has 2 radical (unpaired) electrons. The van der Waals surface area contributed by atoms with Crippen LogP contribution in [0.2, 0.25) is 0 Å². The normalized spacial score (nSPS) is 2.00. The fourth-order valence-electron chi connectivity index (χ4n) is 0. The summed E-state index contributed by atoms with van der Waals surface area (Å²) in [6.45, 7) is 0. The van der Waals surface area contributed by atoms with E-state index in [1.54, 1.807) is 5.97 Å². The fraction of sp³-hybridized carbons (Fsp3) is 0. The first-order chi connectivity index (χ1) is 1.41. The van der Waals surface area contributed by atoms with Gasteiger partial charge < -0.3 is 0 Å². The number of nitrogens with zero attached hydrogens (tertiary/aromatic N) is 1. The number of rotatable bonds is 0. The monoisotopic (exact) mass is 128 g/mol. The standard InChI is InChI=1S/CH2BN.Y/c2-1-3;/h2H2;/q-1;. The minimum atomic E-state index is 0. The Bertz CT molecular complexity index is 29.5. The van der Waals surface area contributed by atoms with Crippen molar-refractivity contribution in [2.24, 2.45) is 0 Å². The van der Waals surface area contributed by atoms with Crippen LogP contribution in [0.4, 0.5) is 0 Å². The van der Waals surface area contributed by atoms with E-state index in [0.29, 0.717) is 0 Å². The molecule has 0 N–H and O–H groups in total. The molecule has 4 heavy (non-hydrogen) atoms. The minimum Gasteiger partial charge on any atom is -0.254 e. The van der Waals surface area contributed by atoms with E-state index in [2.05, 4.69) is 0 Å². The number of nitriles is 1. The Morgan fingerprint density at radius 3 is 1.75 bits per heavy atom. The second-order valence-corrected chi connectivity index (χ2v) is 0.224. The van der Waals surface area contributed by atoms with Crippen molar-refractivity contribution < 1.29 is 32.7 Å². The van der Waals surface area contributed by atoms with Crippen molar-refractivity contribution in [1.82, 2.24) is 0 Å². The summed E-state index contributed by atoms with van der Waals surface area (Å²) in [4.78, 5) is 0. The molecule has 1 nitrogen and oxygen atoms in total. The molecule has 0 aromatic rings. The quantitative estimate of drug-likeness (QED) is 0.387. The van der Waals surface area contributed by atoms with Crippen molar-refractivity contribution in [1.29, 1.82) is 5.26 Å². The smallest absolute Gasteiger partial charge is 0 e. The van der Waals surface area contributed by atoms with Crippen LogP contribution in [0.25, 0.3) is 0 Å². The fourth-order valence-corrected chi connectivity index (χ4v) is 0. The molecule has 0 rings (SSSR count). The summed E-state index contributed by atoms with van der Waals surface area (Å²) in [5, 5.41) is 7.32. The molecule has 0 aromatic heterocycles. The van der Waals surface area contributed by atoms with Crippen LogP contribution in [0, 0.1) is 11.2 Å². The van der Waals surface area contributed by atoms with Crippen LogP contribution >= 0.6 is 0 Å². The predicted molar refractivity (Wildman–Crippen MR) is 14.2 cm³/mol. The van der Waals surface area contributed by atoms with Crippen molar-refractivity contribution in [2.45, 2.75) is 0 Å². The molecule has 0 heterocycles. The minimum absolute atomic E-state index is 0. The molecule has 0 unspecified atom stereocenters. The van der Waals surface area contributed by atoms with Gasteiger partial charge in [0.25, 0.3) is 0 Å². The first kappa shape index (κ1) is 8.82. The second kappa shape index (κ2) is 9.40. The number of hydrogen-bond acceptors (Lipinski definition) is 1. The maximum Gasteiger partial charge on any atom is 0 e. The molecule has 0 aliphatic heterocycles. The van der Waals surface area contributed by atoms with Gasteiger partial charge in [-0.3, -0.25) is 5.26 Å². The zero-order valence-electron chi connectivity index (χ0n) is 2.52. The molecule has 0 aliphatic rings. The average Bonchev–Trinajstić information content (AvgIpc) is 0.918. The third kappa shape index (κ3) is 16.9. The average molecular weight is 128 g/mol. The predicted octanol–water partition coefficient (Wildman–Crippen LogP) is -0.902. The molecule has 0 fully saturated rings. The summed E-state index contributed by atoms with van der Waals surface area (Å²) < 4.78 is 0. The van der Waals surface area contributed by atoms with Gasteiger partial charge in [-0.2, -0.15) is 0 Å². The SMILES string of the molecule is [BH2-]C#N.[Y]. The Labute approximate surface area is 51.7 Å². The largest absolute Gasteiger partial charge is 0.254 e. The molecule has 0 aromatic carbocycles. The molecule has 0 bridgehead atoms. The van der Waals surface area contributed by atoms with Gasteiger partial charge in [0.1, 0.15) is 0 Å². The van der Waals surface area contributed by atoms with E-state index < -0.39 is 0 Å². The van der Waals surface area contributed by atoms with Crippen molar-refractivity contribution >= 4 is 7.85 Å². The molecule has 0 saturated heterocycles. The van der Waals surface area contributed by atoms with Crippen LogP contribution in [0.15, 0.2) is 0 Å². The van der Waals surface area contributed by atoms with Gasteiger partial charge in [0.05, 0.1) is 0 Å². The summed E-state index contributed by atoms with van der Waals surface area (Å²) in [7, 11) is 1.43. The number of hydrogen-bond donors (Lipinski definition) is 0. The van der Waals surface area contributed by atoms with Gasteiger partial charge >= 0.3 is 0 Å². The van der Waals surface area contributed by atoms with E-state index >= 15 is 0 Å². The Morgan fingerprint density at radius 1 is 1.75 bits per heavy atom. The van der Waals surface area contributed by atoms with E-state index in [0.717, 1.165) is 0 Å². The molecule has 0 saturated carbocycles. The Balaban J connectivity index is 0. The van der Waals surface area contributed by atoms with E-state index in [-0.39, 0.29) is 32.7 Å². The van der Waals surface area contributed by atoms with Gasteiger partial charge in [0.15, 0.2) is 0 Å². The first-order valence-corrected chi connectivity index (χ1v) is 0.724. The van der Waals surface area contributed by atoms with Crippen molar-refractivity contribution in [3.63, 3.8) is 0 Å². The van der Waals surface area contributed by atoms with Gasteiger partial charge in [0, 0.05) is 32.7 Å². The van der Waals surface area contributed by atoms with E-state index in [4.69, 9.17) is 5.26 Å². The van der Waals surface area contributed by atoms with E-state index in [1.807, 2.05) is 0 Å². The summed E-state index contributed by atoms with van der Waals surface area (Å²) in [6, 6.07) is 0. The van der Waals surface area contributed by atoms with Gasteiger partial charge in [-0.05, 0) is 7.85 Å². The van der Waals surface area contributed by atoms with Crippen molar-refractivity contribution in [2.75, 3.05) is 0 Å². The summed E-state index contributed by atoms with van der Waals surface area (Å²) >= 11 is 0. The Morgan fingerprint density at radius 2 is 1.75 bits per heavy atom. The molecule has 0 amide bonds. The van der Waals surface area contributed by atoms with Crippen LogP contribution in [0.1, 0.15) is 0 Å². The molecule has 0 atom stereocenters. The Kier molecular flexibility index (Phi) is 20.7. The van der Waals surface area contributed by atoms with Crippen LogP contribution in [0.3, 0.4) is 0 Å². The van der Waals surface area contributed by atoms with Gasteiger partial charge in [-0.25, -0.2) is 5.97 Å². The van der Waals surface area contributed by atoms with Crippen LogP contribution in [-0.2, 0) is 32.7 Å². The van der Waals surface area contributed by atoms with Crippen LogP contribution in [-0.4, -0.2) is 7.85 Å². The molecular formula is CH2BNY-. The second-order valence-electron chi connectivity index (χ2n) is 0.224. The molecule has 3 heteroatoms. The molecule has 0 aliphatic carbocycles. The molecular weight excluding hydrogens is 126 g/mol. The van der Waals surface area contributed by atoms with Crippen LogP contribution in [0.5, 0.6) is 0 Å². The zero-order chi connectivity index (χ0) is 2.71. The third-order valence-corrected chi connectivity index (χ3v) is 0. The summed E-state index contributed by atoms with van der Waals surface area (Å²) in [5.74, 6) is 1.75. The van der Waals surface area contributed by atoms with Gasteiger partial charge in [-0.15, -0.1) is 0 Å². The van der Waals surface area contributed by atoms with E-state index in [1.165, 1.54) is 7.85 Å². The van der Waals surface area contributed by atoms with Crippen molar-refractivity contribution in [3.05, 3.63) is 0 Å². The zero-order valence-corrected chi connectivity index (χ0v) is 5.36. The molecule has 18 valence electrons. The third-order valence-electron chi connectivity index (χ3n) is 0.